The summed E-state index contributed by atoms with van der Waals surface area (Å²) in [5, 5.41) is 0.759. The van der Waals surface area contributed by atoms with Crippen molar-refractivity contribution in [1.29, 1.82) is 0 Å². The fourth-order valence-electron chi connectivity index (χ4n) is 5.80. The summed E-state index contributed by atoms with van der Waals surface area (Å²) in [7, 11) is 0. The molecule has 0 aromatic heterocycles. The number of benzene rings is 1. The fraction of sp³-hybridized carbons (Fsp3) is 0.600. The van der Waals surface area contributed by atoms with Crippen molar-refractivity contribution in [2.45, 2.75) is 44.9 Å². The number of ketones is 1. The Hall–Kier alpha value is -1.06. The van der Waals surface area contributed by atoms with E-state index in [0.717, 1.165) is 37.0 Å². The molecule has 0 unspecified atom stereocenters. The van der Waals surface area contributed by atoms with E-state index in [9.17, 15) is 9.59 Å². The number of Topliss-reactive ketones (excluding diaryl/α,β-unsaturated/α-hetero) is 1. The molecule has 134 valence electrons. The zero-order valence-electron chi connectivity index (χ0n) is 14.1. The van der Waals surface area contributed by atoms with E-state index in [-0.39, 0.29) is 28.8 Å². The van der Waals surface area contributed by atoms with Crippen LogP contribution < -0.4 is 0 Å². The lowest BCUT2D eigenvalue weighted by molar-refractivity contribution is -0.150. The van der Waals surface area contributed by atoms with Crippen molar-refractivity contribution in [2.24, 2.45) is 23.2 Å². The Morgan fingerprint density at radius 1 is 1.04 bits per heavy atom. The number of carbonyl (C=O) groups excluding carboxylic acids is 2. The zero-order valence-corrected chi connectivity index (χ0v) is 15.6. The molecule has 0 saturated heterocycles. The van der Waals surface area contributed by atoms with Crippen molar-refractivity contribution in [3.8, 4) is 0 Å². The van der Waals surface area contributed by atoms with Gasteiger partial charge in [-0.15, -0.1) is 0 Å². The second kappa shape index (κ2) is 6.59. The number of esters is 1. The topological polar surface area (TPSA) is 43.4 Å². The van der Waals surface area contributed by atoms with Crippen LogP contribution in [0.1, 0.15) is 55.3 Å². The minimum Gasteiger partial charge on any atom is -0.457 e. The molecule has 4 fully saturated rings. The highest BCUT2D eigenvalue weighted by Gasteiger charge is 2.51. The van der Waals surface area contributed by atoms with Crippen molar-refractivity contribution < 1.29 is 14.3 Å². The maximum absolute atomic E-state index is 12.4. The van der Waals surface area contributed by atoms with Gasteiger partial charge in [0.25, 0.3) is 0 Å². The van der Waals surface area contributed by atoms with E-state index >= 15 is 0 Å². The van der Waals surface area contributed by atoms with E-state index in [1.165, 1.54) is 25.3 Å². The molecule has 1 aromatic carbocycles. The van der Waals surface area contributed by atoms with Crippen LogP contribution in [0.25, 0.3) is 0 Å². The third-order valence-corrected chi connectivity index (χ3v) is 6.83. The number of hydrogen-bond acceptors (Lipinski definition) is 3. The molecule has 0 atom stereocenters. The minimum absolute atomic E-state index is 0.132. The van der Waals surface area contributed by atoms with E-state index in [1.807, 2.05) is 0 Å². The molecular formula is C20H22Cl2O3. The molecule has 5 rings (SSSR count). The molecule has 1 aromatic rings. The van der Waals surface area contributed by atoms with Crippen LogP contribution in [0.5, 0.6) is 0 Å². The van der Waals surface area contributed by atoms with E-state index in [1.54, 1.807) is 12.1 Å². The molecule has 4 aliphatic carbocycles. The van der Waals surface area contributed by atoms with Crippen LogP contribution in [0.3, 0.4) is 0 Å². The van der Waals surface area contributed by atoms with Crippen molar-refractivity contribution in [2.75, 3.05) is 6.61 Å². The lowest BCUT2D eigenvalue weighted by atomic mass is 9.49. The van der Waals surface area contributed by atoms with Crippen LogP contribution in [-0.4, -0.2) is 18.4 Å². The Kier molecular flexibility index (Phi) is 4.57. The van der Waals surface area contributed by atoms with Gasteiger partial charge in [0.2, 0.25) is 5.78 Å². The van der Waals surface area contributed by atoms with Crippen LogP contribution in [0.15, 0.2) is 18.2 Å². The summed E-state index contributed by atoms with van der Waals surface area (Å²) in [5.41, 5.74) is 0.473. The molecule has 3 nitrogen and oxygen atoms in total. The van der Waals surface area contributed by atoms with Crippen LogP contribution in [-0.2, 0) is 9.53 Å². The lowest BCUT2D eigenvalue weighted by Crippen LogP contribution is -2.47. The maximum Gasteiger partial charge on any atom is 0.306 e. The fourth-order valence-corrected chi connectivity index (χ4v) is 6.32. The van der Waals surface area contributed by atoms with Crippen LogP contribution >= 0.6 is 23.2 Å². The number of carbonyl (C=O) groups is 2. The number of rotatable bonds is 5. The van der Waals surface area contributed by atoms with E-state index < -0.39 is 0 Å². The highest BCUT2D eigenvalue weighted by Crippen LogP contribution is 2.61. The molecule has 4 bridgehead atoms. The molecule has 25 heavy (non-hydrogen) atoms. The summed E-state index contributed by atoms with van der Waals surface area (Å²) in [6, 6.07) is 4.70. The van der Waals surface area contributed by atoms with Crippen LogP contribution in [0, 0.1) is 23.2 Å². The van der Waals surface area contributed by atoms with Gasteiger partial charge >= 0.3 is 5.97 Å². The normalized spacial score (nSPS) is 32.6. The molecule has 0 amide bonds. The molecule has 0 aliphatic heterocycles. The highest BCUT2D eigenvalue weighted by atomic mass is 35.5. The van der Waals surface area contributed by atoms with Gasteiger partial charge in [0.05, 0.1) is 11.4 Å². The Labute approximate surface area is 158 Å². The quantitative estimate of drug-likeness (QED) is 0.512. The zero-order chi connectivity index (χ0) is 17.6. The van der Waals surface area contributed by atoms with Crippen molar-refractivity contribution in [3.05, 3.63) is 33.8 Å². The van der Waals surface area contributed by atoms with Gasteiger partial charge in [-0.3, -0.25) is 9.59 Å². The summed E-state index contributed by atoms with van der Waals surface area (Å²) in [5.74, 6) is 1.86. The maximum atomic E-state index is 12.4. The van der Waals surface area contributed by atoms with E-state index in [4.69, 9.17) is 27.9 Å². The largest absolute Gasteiger partial charge is 0.457 e. The predicted molar refractivity (Wildman–Crippen MR) is 97.0 cm³/mol. The number of halogens is 2. The first-order chi connectivity index (χ1) is 11.9. The number of ether oxygens (including phenoxy) is 1. The Morgan fingerprint density at radius 3 is 2.20 bits per heavy atom. The summed E-state index contributed by atoms with van der Waals surface area (Å²) >= 11 is 11.9. The van der Waals surface area contributed by atoms with Gasteiger partial charge in [-0.05, 0) is 79.9 Å². The van der Waals surface area contributed by atoms with E-state index in [2.05, 4.69) is 0 Å². The van der Waals surface area contributed by atoms with Crippen LogP contribution in [0.2, 0.25) is 10.0 Å². The Balaban J connectivity index is 1.34. The molecule has 0 N–H and O–H groups in total. The first-order valence-electron chi connectivity index (χ1n) is 9.06. The van der Waals surface area contributed by atoms with Gasteiger partial charge in [0.1, 0.15) is 0 Å². The molecule has 0 heterocycles. The third-order valence-electron chi connectivity index (χ3n) is 6.28. The Bertz CT molecular complexity index is 678. The van der Waals surface area contributed by atoms with Gasteiger partial charge in [-0.25, -0.2) is 0 Å². The van der Waals surface area contributed by atoms with Crippen molar-refractivity contribution in [1.82, 2.24) is 0 Å². The smallest absolute Gasteiger partial charge is 0.306 e. The van der Waals surface area contributed by atoms with Gasteiger partial charge < -0.3 is 4.74 Å². The second-order valence-electron chi connectivity index (χ2n) is 8.30. The van der Waals surface area contributed by atoms with Crippen molar-refractivity contribution >= 4 is 35.0 Å². The monoisotopic (exact) mass is 380 g/mol. The average Bonchev–Trinajstić information content (AvgIpc) is 2.50. The molecule has 4 saturated carbocycles. The second-order valence-corrected chi connectivity index (χ2v) is 9.15. The molecule has 4 aliphatic rings. The molecular weight excluding hydrogens is 359 g/mol. The summed E-state index contributed by atoms with van der Waals surface area (Å²) in [6.45, 7) is -0.257. The van der Waals surface area contributed by atoms with Gasteiger partial charge in [0.15, 0.2) is 6.61 Å². The minimum atomic E-state index is -0.291. The summed E-state index contributed by atoms with van der Waals surface area (Å²) in [6.07, 6.45) is 7.98. The molecule has 5 heteroatoms. The van der Waals surface area contributed by atoms with Gasteiger partial charge in [0, 0.05) is 10.6 Å². The van der Waals surface area contributed by atoms with Gasteiger partial charge in [-0.1, -0.05) is 23.2 Å². The lowest BCUT2D eigenvalue weighted by Gasteiger charge is -2.56. The van der Waals surface area contributed by atoms with E-state index in [0.29, 0.717) is 17.0 Å². The Morgan fingerprint density at radius 2 is 1.64 bits per heavy atom. The molecule has 0 radical (unpaired) electrons. The predicted octanol–water partition coefficient (Wildman–Crippen LogP) is 5.33. The number of hydrogen-bond donors (Lipinski definition) is 0. The molecule has 0 spiro atoms. The van der Waals surface area contributed by atoms with Gasteiger partial charge in [-0.2, -0.15) is 0 Å². The highest BCUT2D eigenvalue weighted by molar-refractivity contribution is 6.36. The SMILES string of the molecule is O=C(CC12CC3CC(CC(C3)C1)C2)OCC(=O)c1ccc(Cl)cc1Cl. The first-order valence-corrected chi connectivity index (χ1v) is 9.82. The van der Waals surface area contributed by atoms with Crippen molar-refractivity contribution in [3.63, 3.8) is 0 Å². The third kappa shape index (κ3) is 3.59. The average molecular weight is 381 g/mol. The standard InChI is InChI=1S/C20H22Cl2O3/c21-15-1-2-16(17(22)6-15)18(23)11-25-19(24)10-20-7-12-3-13(8-20)5-14(4-12)9-20/h1-2,6,12-14H,3-5,7-11H2. The first kappa shape index (κ1) is 17.4. The van der Waals surface area contributed by atoms with Crippen LogP contribution in [0.4, 0.5) is 0 Å². The summed E-state index contributed by atoms with van der Waals surface area (Å²) in [4.78, 5) is 24.6. The summed E-state index contributed by atoms with van der Waals surface area (Å²) < 4.78 is 5.30.